The predicted molar refractivity (Wildman–Crippen MR) is 92.5 cm³/mol. The Kier molecular flexibility index (Phi) is 4.05. The van der Waals surface area contributed by atoms with Gasteiger partial charge in [-0.3, -0.25) is 4.79 Å². The summed E-state index contributed by atoms with van der Waals surface area (Å²) in [5.74, 6) is 2.39. The first kappa shape index (κ1) is 14.5. The predicted octanol–water partition coefficient (Wildman–Crippen LogP) is 4.41. The molecule has 0 fully saturated rings. The Morgan fingerprint density at radius 1 is 1.36 bits per heavy atom. The van der Waals surface area contributed by atoms with Gasteiger partial charge in [0.1, 0.15) is 9.88 Å². The molecule has 0 bridgehead atoms. The second kappa shape index (κ2) is 6.14. The van der Waals surface area contributed by atoms with Crippen LogP contribution in [-0.4, -0.2) is 10.9 Å². The minimum atomic E-state index is -0.161. The Morgan fingerprint density at radius 2 is 2.23 bits per heavy atom. The summed E-state index contributed by atoms with van der Waals surface area (Å²) in [5.41, 5.74) is 3.20. The van der Waals surface area contributed by atoms with Crippen molar-refractivity contribution < 1.29 is 4.79 Å². The van der Waals surface area contributed by atoms with Crippen molar-refractivity contribution in [3.8, 4) is 22.9 Å². The molecular formula is C17H12N2OS2. The van der Waals surface area contributed by atoms with Crippen LogP contribution in [-0.2, 0) is 0 Å². The van der Waals surface area contributed by atoms with Crippen molar-refractivity contribution in [3.05, 3.63) is 57.2 Å². The summed E-state index contributed by atoms with van der Waals surface area (Å²) in [7, 11) is 0. The van der Waals surface area contributed by atoms with Gasteiger partial charge >= 0.3 is 0 Å². The molecule has 0 aliphatic carbocycles. The number of benzene rings is 1. The Balaban J connectivity index is 1.85. The van der Waals surface area contributed by atoms with E-state index in [1.165, 1.54) is 11.3 Å². The van der Waals surface area contributed by atoms with Gasteiger partial charge < -0.3 is 5.32 Å². The summed E-state index contributed by atoms with van der Waals surface area (Å²) < 4.78 is 0. The first-order valence-corrected chi connectivity index (χ1v) is 8.31. The third kappa shape index (κ3) is 2.93. The summed E-state index contributed by atoms with van der Waals surface area (Å²) in [6.45, 7) is 1.85. The van der Waals surface area contributed by atoms with E-state index in [9.17, 15) is 4.79 Å². The van der Waals surface area contributed by atoms with Gasteiger partial charge in [-0.15, -0.1) is 17.8 Å². The summed E-state index contributed by atoms with van der Waals surface area (Å²) in [4.78, 5) is 17.5. The lowest BCUT2D eigenvalue weighted by molar-refractivity contribution is 0.103. The fraction of sp³-hybridized carbons (Fsp3) is 0.0588. The molecule has 0 aliphatic rings. The number of anilines is 1. The second-order valence-electron chi connectivity index (χ2n) is 4.62. The third-order valence-corrected chi connectivity index (χ3v) is 4.95. The van der Waals surface area contributed by atoms with Crippen molar-refractivity contribution in [2.75, 3.05) is 5.32 Å². The van der Waals surface area contributed by atoms with Crippen molar-refractivity contribution in [2.24, 2.45) is 0 Å². The van der Waals surface area contributed by atoms with Crippen LogP contribution in [0.2, 0.25) is 0 Å². The Morgan fingerprint density at radius 3 is 2.95 bits per heavy atom. The van der Waals surface area contributed by atoms with Gasteiger partial charge in [-0.2, -0.15) is 11.3 Å². The largest absolute Gasteiger partial charge is 0.321 e. The van der Waals surface area contributed by atoms with E-state index >= 15 is 0 Å². The highest BCUT2D eigenvalue weighted by atomic mass is 32.1. The average Bonchev–Trinajstić information content (AvgIpc) is 3.16. The molecule has 108 valence electrons. The van der Waals surface area contributed by atoms with Crippen LogP contribution in [0.4, 0.5) is 5.69 Å². The number of thiazole rings is 1. The number of hydrogen-bond donors (Lipinski definition) is 1. The maximum atomic E-state index is 12.4. The number of aromatic nitrogens is 1. The monoisotopic (exact) mass is 324 g/mol. The van der Waals surface area contributed by atoms with Crippen molar-refractivity contribution in [3.63, 3.8) is 0 Å². The van der Waals surface area contributed by atoms with Crippen molar-refractivity contribution in [2.45, 2.75) is 6.92 Å². The van der Waals surface area contributed by atoms with Crippen LogP contribution < -0.4 is 5.32 Å². The van der Waals surface area contributed by atoms with Gasteiger partial charge in [0.25, 0.3) is 5.91 Å². The summed E-state index contributed by atoms with van der Waals surface area (Å²) in [6, 6.07) is 9.23. The van der Waals surface area contributed by atoms with E-state index in [0.29, 0.717) is 10.6 Å². The van der Waals surface area contributed by atoms with E-state index < -0.39 is 0 Å². The molecule has 22 heavy (non-hydrogen) atoms. The number of amides is 1. The quantitative estimate of drug-likeness (QED) is 0.725. The van der Waals surface area contributed by atoms with Gasteiger partial charge in [0, 0.05) is 22.2 Å². The molecule has 0 aliphatic heterocycles. The maximum absolute atomic E-state index is 12.4. The zero-order valence-electron chi connectivity index (χ0n) is 11.8. The third-order valence-electron chi connectivity index (χ3n) is 3.06. The first-order valence-electron chi connectivity index (χ1n) is 6.55. The standard InChI is InChI=1S/C17H12N2OS2/c1-3-12-5-4-6-14(9-12)19-16(20)15-11(2)18-17(22-15)13-7-8-21-10-13/h1,4-10H,2H3,(H,19,20). The van der Waals surface area contributed by atoms with Crippen LogP contribution in [0.25, 0.3) is 10.6 Å². The average molecular weight is 324 g/mol. The summed E-state index contributed by atoms with van der Waals surface area (Å²) in [6.07, 6.45) is 5.37. The summed E-state index contributed by atoms with van der Waals surface area (Å²) in [5, 5.41) is 7.75. The van der Waals surface area contributed by atoms with Crippen LogP contribution >= 0.6 is 22.7 Å². The first-order chi connectivity index (χ1) is 10.7. The lowest BCUT2D eigenvalue weighted by atomic mass is 10.2. The highest BCUT2D eigenvalue weighted by molar-refractivity contribution is 7.17. The molecule has 0 saturated carbocycles. The normalized spacial score (nSPS) is 10.2. The van der Waals surface area contributed by atoms with Gasteiger partial charge in [-0.05, 0) is 36.6 Å². The van der Waals surface area contributed by atoms with Crippen LogP contribution in [0.15, 0.2) is 41.1 Å². The Hall–Kier alpha value is -2.42. The molecule has 1 N–H and O–H groups in total. The van der Waals surface area contributed by atoms with Crippen molar-refractivity contribution in [1.82, 2.24) is 4.98 Å². The van der Waals surface area contributed by atoms with Crippen LogP contribution in [0, 0.1) is 19.3 Å². The molecule has 3 rings (SSSR count). The number of thiophene rings is 1. The molecule has 1 aromatic carbocycles. The molecule has 2 heterocycles. The van der Waals surface area contributed by atoms with Gasteiger partial charge in [0.2, 0.25) is 0 Å². The zero-order valence-corrected chi connectivity index (χ0v) is 13.4. The van der Waals surface area contributed by atoms with Crippen LogP contribution in [0.5, 0.6) is 0 Å². The molecule has 0 unspecified atom stereocenters. The molecular weight excluding hydrogens is 312 g/mol. The SMILES string of the molecule is C#Cc1cccc(NC(=O)c2sc(-c3ccsc3)nc2C)c1. The van der Waals surface area contributed by atoms with Gasteiger partial charge in [-0.25, -0.2) is 4.98 Å². The van der Waals surface area contributed by atoms with E-state index in [1.807, 2.05) is 41.9 Å². The minimum Gasteiger partial charge on any atom is -0.321 e. The van der Waals surface area contributed by atoms with E-state index in [2.05, 4.69) is 16.2 Å². The lowest BCUT2D eigenvalue weighted by Crippen LogP contribution is -2.11. The fourth-order valence-electron chi connectivity index (χ4n) is 1.99. The minimum absolute atomic E-state index is 0.161. The van der Waals surface area contributed by atoms with E-state index in [-0.39, 0.29) is 5.91 Å². The van der Waals surface area contributed by atoms with Crippen LogP contribution in [0.1, 0.15) is 20.9 Å². The molecule has 5 heteroatoms. The van der Waals surface area contributed by atoms with Crippen LogP contribution in [0.3, 0.4) is 0 Å². The molecule has 2 aromatic heterocycles. The zero-order chi connectivity index (χ0) is 15.5. The molecule has 0 atom stereocenters. The number of nitrogens with zero attached hydrogens (tertiary/aromatic N) is 1. The molecule has 0 radical (unpaired) electrons. The number of rotatable bonds is 3. The van der Waals surface area contributed by atoms with Gasteiger partial charge in [0.15, 0.2) is 0 Å². The highest BCUT2D eigenvalue weighted by Crippen LogP contribution is 2.29. The van der Waals surface area contributed by atoms with Crippen molar-refractivity contribution in [1.29, 1.82) is 0 Å². The van der Waals surface area contributed by atoms with Gasteiger partial charge in [-0.1, -0.05) is 12.0 Å². The maximum Gasteiger partial charge on any atom is 0.267 e. The van der Waals surface area contributed by atoms with E-state index in [0.717, 1.165) is 21.8 Å². The molecule has 0 saturated heterocycles. The number of carbonyl (C=O) groups excluding carboxylic acids is 1. The number of hydrogen-bond acceptors (Lipinski definition) is 4. The molecule has 3 nitrogen and oxygen atoms in total. The number of nitrogens with one attached hydrogen (secondary N) is 1. The van der Waals surface area contributed by atoms with E-state index in [4.69, 9.17) is 6.42 Å². The smallest absolute Gasteiger partial charge is 0.267 e. The molecule has 0 spiro atoms. The van der Waals surface area contributed by atoms with Gasteiger partial charge in [0.05, 0.1) is 5.69 Å². The lowest BCUT2D eigenvalue weighted by Gasteiger charge is -2.04. The Labute approximate surface area is 136 Å². The number of carbonyl (C=O) groups is 1. The topological polar surface area (TPSA) is 42.0 Å². The molecule has 1 amide bonds. The van der Waals surface area contributed by atoms with Crippen molar-refractivity contribution >= 4 is 34.3 Å². The van der Waals surface area contributed by atoms with E-state index in [1.54, 1.807) is 17.4 Å². The second-order valence-corrected chi connectivity index (χ2v) is 6.40. The number of aryl methyl sites for hydroxylation is 1. The highest BCUT2D eigenvalue weighted by Gasteiger charge is 2.16. The molecule has 3 aromatic rings. The fourth-order valence-corrected chi connectivity index (χ4v) is 3.66. The number of terminal acetylenes is 1. The summed E-state index contributed by atoms with van der Waals surface area (Å²) >= 11 is 3.01. The Bertz CT molecular complexity index is 857.